The second kappa shape index (κ2) is 8.75. The summed E-state index contributed by atoms with van der Waals surface area (Å²) in [5, 5.41) is 0.589. The number of hydrazine groups is 1. The van der Waals surface area contributed by atoms with Crippen LogP contribution in [0.25, 0.3) is 0 Å². The van der Waals surface area contributed by atoms with Crippen LogP contribution >= 0.6 is 11.6 Å². The van der Waals surface area contributed by atoms with Gasteiger partial charge in [-0.25, -0.2) is 0 Å². The highest BCUT2D eigenvalue weighted by molar-refractivity contribution is 6.30. The Hall–Kier alpha value is -3.06. The largest absolute Gasteiger partial charge is 0.479 e. The molecule has 1 aliphatic heterocycles. The summed E-state index contributed by atoms with van der Waals surface area (Å²) in [6, 6.07) is 14.0. The van der Waals surface area contributed by atoms with E-state index in [0.29, 0.717) is 16.5 Å². The van der Waals surface area contributed by atoms with Crippen LogP contribution in [-0.2, 0) is 20.8 Å². The molecule has 2 N–H and O–H groups in total. The van der Waals surface area contributed by atoms with E-state index in [1.54, 1.807) is 49.4 Å². The molecule has 0 saturated heterocycles. The Morgan fingerprint density at radius 1 is 1.07 bits per heavy atom. The van der Waals surface area contributed by atoms with E-state index in [1.807, 2.05) is 6.07 Å². The van der Waals surface area contributed by atoms with Crippen LogP contribution in [0.3, 0.4) is 0 Å². The van der Waals surface area contributed by atoms with Crippen LogP contribution < -0.4 is 20.5 Å². The number of carbonyl (C=O) groups is 3. The van der Waals surface area contributed by atoms with Crippen LogP contribution in [0.2, 0.25) is 5.02 Å². The number of amides is 3. The lowest BCUT2D eigenvalue weighted by Crippen LogP contribution is -2.47. The van der Waals surface area contributed by atoms with Crippen molar-refractivity contribution in [3.05, 3.63) is 59.1 Å². The highest BCUT2D eigenvalue weighted by atomic mass is 35.5. The summed E-state index contributed by atoms with van der Waals surface area (Å²) in [5.41, 5.74) is 6.15. The molecule has 0 fully saturated rings. The Balaban J connectivity index is 1.49. The minimum atomic E-state index is -0.614. The van der Waals surface area contributed by atoms with Gasteiger partial charge in [0.15, 0.2) is 6.10 Å². The summed E-state index contributed by atoms with van der Waals surface area (Å²) in [6.45, 7) is 1.85. The van der Waals surface area contributed by atoms with E-state index in [1.165, 1.54) is 4.90 Å². The van der Waals surface area contributed by atoms with Gasteiger partial charge in [0.1, 0.15) is 5.75 Å². The zero-order valence-electron chi connectivity index (χ0n) is 15.3. The van der Waals surface area contributed by atoms with E-state index < -0.39 is 12.0 Å². The van der Waals surface area contributed by atoms with Gasteiger partial charge in [-0.15, -0.1) is 0 Å². The normalized spacial score (nSPS) is 15.4. The molecule has 1 aliphatic rings. The van der Waals surface area contributed by atoms with E-state index in [0.717, 1.165) is 5.56 Å². The molecule has 8 heteroatoms. The SMILES string of the molecule is CC1Oc2ccccc2N(CCC(=O)NNC(=O)Cc2ccc(Cl)cc2)C1=O. The second-order valence-corrected chi connectivity index (χ2v) is 6.80. The molecule has 1 unspecified atom stereocenters. The molecule has 2 aromatic carbocycles. The third-order valence-corrected chi connectivity index (χ3v) is 4.51. The van der Waals surface area contributed by atoms with E-state index in [-0.39, 0.29) is 31.2 Å². The molecule has 0 spiro atoms. The lowest BCUT2D eigenvalue weighted by Gasteiger charge is -2.32. The Kier molecular flexibility index (Phi) is 6.16. The van der Waals surface area contributed by atoms with E-state index in [9.17, 15) is 14.4 Å². The quantitative estimate of drug-likeness (QED) is 0.752. The van der Waals surface area contributed by atoms with Crippen LogP contribution in [0.1, 0.15) is 18.9 Å². The molecule has 0 aliphatic carbocycles. The maximum absolute atomic E-state index is 12.4. The highest BCUT2D eigenvalue weighted by Gasteiger charge is 2.31. The Bertz CT molecular complexity index is 885. The maximum atomic E-state index is 12.4. The summed E-state index contributed by atoms with van der Waals surface area (Å²) >= 11 is 5.81. The minimum absolute atomic E-state index is 0.0357. The Morgan fingerprint density at radius 2 is 1.75 bits per heavy atom. The third-order valence-electron chi connectivity index (χ3n) is 4.26. The molecule has 3 amide bonds. The Morgan fingerprint density at radius 3 is 2.50 bits per heavy atom. The molecular weight excluding hydrogens is 382 g/mol. The number of ether oxygens (including phenoxy) is 1. The van der Waals surface area contributed by atoms with Gasteiger partial charge in [0.05, 0.1) is 12.1 Å². The first kappa shape index (κ1) is 19.7. The topological polar surface area (TPSA) is 87.7 Å². The van der Waals surface area contributed by atoms with E-state index in [2.05, 4.69) is 10.9 Å². The van der Waals surface area contributed by atoms with E-state index in [4.69, 9.17) is 16.3 Å². The lowest BCUT2D eigenvalue weighted by molar-refractivity contribution is -0.129. The van der Waals surface area contributed by atoms with Crippen LogP contribution in [-0.4, -0.2) is 30.4 Å². The van der Waals surface area contributed by atoms with Crippen molar-refractivity contribution in [1.82, 2.24) is 10.9 Å². The molecule has 146 valence electrons. The summed E-state index contributed by atoms with van der Waals surface area (Å²) in [5.74, 6) is -0.351. The number of rotatable bonds is 5. The molecule has 0 aromatic heterocycles. The molecule has 28 heavy (non-hydrogen) atoms. The van der Waals surface area contributed by atoms with Gasteiger partial charge in [-0.3, -0.25) is 25.2 Å². The smallest absolute Gasteiger partial charge is 0.267 e. The number of carbonyl (C=O) groups excluding carboxylic acids is 3. The number of para-hydroxylation sites is 2. The number of hydrogen-bond acceptors (Lipinski definition) is 4. The van der Waals surface area contributed by atoms with Crippen LogP contribution in [0, 0.1) is 0 Å². The van der Waals surface area contributed by atoms with Crippen LogP contribution in [0.15, 0.2) is 48.5 Å². The Labute approximate surface area is 167 Å². The van der Waals surface area contributed by atoms with Crippen LogP contribution in [0.4, 0.5) is 5.69 Å². The van der Waals surface area contributed by atoms with Gasteiger partial charge in [0.2, 0.25) is 11.8 Å². The van der Waals surface area contributed by atoms with Crippen molar-refractivity contribution < 1.29 is 19.1 Å². The zero-order valence-corrected chi connectivity index (χ0v) is 16.0. The van der Waals surface area contributed by atoms with Gasteiger partial charge in [-0.1, -0.05) is 35.9 Å². The summed E-state index contributed by atoms with van der Waals surface area (Å²) in [7, 11) is 0. The molecule has 1 atom stereocenters. The molecule has 0 bridgehead atoms. The number of benzene rings is 2. The fourth-order valence-corrected chi connectivity index (χ4v) is 2.96. The standard InChI is InChI=1S/C20H20ClN3O4/c1-13-20(27)24(16-4-2-3-5-17(16)28-13)11-10-18(25)22-23-19(26)12-14-6-8-15(21)9-7-14/h2-9,13H,10-12H2,1H3,(H,22,25)(H,23,26). The minimum Gasteiger partial charge on any atom is -0.479 e. The summed E-state index contributed by atoms with van der Waals surface area (Å²) in [6.07, 6.45) is -0.463. The molecule has 2 aromatic rings. The molecule has 1 heterocycles. The average Bonchev–Trinajstić information content (AvgIpc) is 2.68. The van der Waals surface area contributed by atoms with Crippen molar-refractivity contribution in [3.63, 3.8) is 0 Å². The van der Waals surface area contributed by atoms with Gasteiger partial charge in [0.25, 0.3) is 5.91 Å². The highest BCUT2D eigenvalue weighted by Crippen LogP contribution is 2.33. The number of hydrogen-bond donors (Lipinski definition) is 2. The monoisotopic (exact) mass is 401 g/mol. The number of nitrogens with one attached hydrogen (secondary N) is 2. The lowest BCUT2D eigenvalue weighted by atomic mass is 10.1. The van der Waals surface area contributed by atoms with Crippen molar-refractivity contribution in [2.24, 2.45) is 0 Å². The van der Waals surface area contributed by atoms with Gasteiger partial charge in [-0.05, 0) is 36.8 Å². The molecule has 0 saturated carbocycles. The number of fused-ring (bicyclic) bond motifs is 1. The van der Waals surface area contributed by atoms with Gasteiger partial charge in [-0.2, -0.15) is 0 Å². The predicted octanol–water partition coefficient (Wildman–Crippen LogP) is 2.23. The molecule has 3 rings (SSSR count). The maximum Gasteiger partial charge on any atom is 0.267 e. The van der Waals surface area contributed by atoms with Gasteiger partial charge in [0, 0.05) is 18.0 Å². The van der Waals surface area contributed by atoms with Crippen molar-refractivity contribution in [1.29, 1.82) is 0 Å². The molecule has 7 nitrogen and oxygen atoms in total. The average molecular weight is 402 g/mol. The van der Waals surface area contributed by atoms with Crippen LogP contribution in [0.5, 0.6) is 5.75 Å². The van der Waals surface area contributed by atoms with Crippen molar-refractivity contribution in [2.45, 2.75) is 25.9 Å². The van der Waals surface area contributed by atoms with Crippen molar-refractivity contribution in [2.75, 3.05) is 11.4 Å². The summed E-state index contributed by atoms with van der Waals surface area (Å²) < 4.78 is 5.57. The first-order valence-corrected chi connectivity index (χ1v) is 9.21. The second-order valence-electron chi connectivity index (χ2n) is 6.37. The van der Waals surface area contributed by atoms with Gasteiger partial charge < -0.3 is 9.64 Å². The van der Waals surface area contributed by atoms with E-state index >= 15 is 0 Å². The fourth-order valence-electron chi connectivity index (χ4n) is 2.84. The first-order valence-electron chi connectivity index (χ1n) is 8.83. The fraction of sp³-hybridized carbons (Fsp3) is 0.250. The van der Waals surface area contributed by atoms with Crippen molar-refractivity contribution in [3.8, 4) is 5.75 Å². The number of anilines is 1. The van der Waals surface area contributed by atoms with Crippen molar-refractivity contribution >= 4 is 35.0 Å². The number of halogens is 1. The number of nitrogens with zero attached hydrogens (tertiary/aromatic N) is 1. The third kappa shape index (κ3) is 4.80. The van der Waals surface area contributed by atoms with Gasteiger partial charge >= 0.3 is 0 Å². The summed E-state index contributed by atoms with van der Waals surface area (Å²) in [4.78, 5) is 37.9. The first-order chi connectivity index (χ1) is 13.4. The molecule has 0 radical (unpaired) electrons. The molecular formula is C20H20ClN3O4. The predicted molar refractivity (Wildman–Crippen MR) is 105 cm³/mol. The zero-order chi connectivity index (χ0) is 20.1.